The maximum atomic E-state index is 13.5. The number of hydrogen-bond acceptors (Lipinski definition) is 7. The summed E-state index contributed by atoms with van der Waals surface area (Å²) in [6, 6.07) is 5.02. The lowest BCUT2D eigenvalue weighted by Gasteiger charge is -2.51. The molecule has 5 heterocycles. The van der Waals surface area contributed by atoms with E-state index in [4.69, 9.17) is 9.15 Å². The van der Waals surface area contributed by atoms with Crippen molar-refractivity contribution in [2.45, 2.75) is 56.7 Å². The molecule has 2 N–H and O–H groups in total. The Hall–Kier alpha value is -2.78. The zero-order valence-electron chi connectivity index (χ0n) is 19.4. The van der Waals surface area contributed by atoms with Gasteiger partial charge >= 0.3 is 5.97 Å². The predicted molar refractivity (Wildman–Crippen MR) is 122 cm³/mol. The number of esters is 1. The Bertz CT molecular complexity index is 984. The minimum Gasteiger partial charge on any atom is -0.466 e. The SMILES string of the molecule is O=C(C[N+]12CCC(CC1)[C@@H](OC(=O)C(O)(c1ccco1)C1CCCCC1)C2)Nc1ccncn1. The van der Waals surface area contributed by atoms with Gasteiger partial charge in [0.25, 0.3) is 5.91 Å². The van der Waals surface area contributed by atoms with Crippen molar-refractivity contribution >= 4 is 17.7 Å². The average Bonchev–Trinajstić information content (AvgIpc) is 3.40. The first kappa shape index (κ1) is 23.0. The van der Waals surface area contributed by atoms with Crippen LogP contribution in [0.5, 0.6) is 0 Å². The third-order valence-corrected chi connectivity index (χ3v) is 8.03. The van der Waals surface area contributed by atoms with Crippen LogP contribution in [-0.2, 0) is 19.9 Å². The Kier molecular flexibility index (Phi) is 6.40. The van der Waals surface area contributed by atoms with E-state index in [1.807, 2.05) is 0 Å². The van der Waals surface area contributed by atoms with Gasteiger partial charge < -0.3 is 24.1 Å². The number of hydrogen-bond donors (Lipinski definition) is 2. The monoisotopic (exact) mass is 469 g/mol. The molecule has 4 aliphatic rings. The first-order valence-electron chi connectivity index (χ1n) is 12.4. The lowest BCUT2D eigenvalue weighted by Crippen LogP contribution is -2.66. The highest BCUT2D eigenvalue weighted by Crippen LogP contribution is 2.42. The molecular weight excluding hydrogens is 436 g/mol. The quantitative estimate of drug-likeness (QED) is 0.473. The third-order valence-electron chi connectivity index (χ3n) is 8.03. The maximum absolute atomic E-state index is 13.5. The average molecular weight is 470 g/mol. The van der Waals surface area contributed by atoms with E-state index in [-0.39, 0.29) is 29.6 Å². The Morgan fingerprint density at radius 1 is 1.18 bits per heavy atom. The van der Waals surface area contributed by atoms with Crippen LogP contribution in [-0.4, -0.2) is 63.7 Å². The number of carbonyl (C=O) groups is 2. The summed E-state index contributed by atoms with van der Waals surface area (Å²) in [6.45, 7) is 2.63. The number of aromatic nitrogens is 2. The van der Waals surface area contributed by atoms with E-state index in [1.165, 1.54) is 12.6 Å². The van der Waals surface area contributed by atoms with Gasteiger partial charge in [0.2, 0.25) is 5.60 Å². The number of furan rings is 1. The normalized spacial score (nSPS) is 28.7. The van der Waals surface area contributed by atoms with E-state index in [1.54, 1.807) is 24.4 Å². The van der Waals surface area contributed by atoms with Crippen LogP contribution in [0.1, 0.15) is 50.7 Å². The minimum absolute atomic E-state index is 0.113. The summed E-state index contributed by atoms with van der Waals surface area (Å²) in [5.41, 5.74) is -1.77. The van der Waals surface area contributed by atoms with Crippen molar-refractivity contribution in [2.75, 3.05) is 31.5 Å². The number of carbonyl (C=O) groups excluding carboxylic acids is 2. The highest BCUT2D eigenvalue weighted by Gasteiger charge is 2.54. The number of nitrogens with one attached hydrogen (secondary N) is 1. The van der Waals surface area contributed by atoms with Crippen LogP contribution >= 0.6 is 0 Å². The molecule has 9 heteroatoms. The number of ether oxygens (including phenoxy) is 1. The number of piperidine rings is 3. The largest absolute Gasteiger partial charge is 0.466 e. The van der Waals surface area contributed by atoms with Gasteiger partial charge in [-0.3, -0.25) is 4.79 Å². The van der Waals surface area contributed by atoms with Gasteiger partial charge in [0.1, 0.15) is 24.5 Å². The van der Waals surface area contributed by atoms with Crippen LogP contribution in [0.2, 0.25) is 0 Å². The first-order valence-corrected chi connectivity index (χ1v) is 12.4. The fraction of sp³-hybridized carbons (Fsp3) is 0.600. The molecule has 9 nitrogen and oxygen atoms in total. The van der Waals surface area contributed by atoms with Crippen molar-refractivity contribution in [3.8, 4) is 0 Å². The number of quaternary nitrogens is 1. The highest BCUT2D eigenvalue weighted by atomic mass is 16.6. The lowest BCUT2D eigenvalue weighted by atomic mass is 9.75. The van der Waals surface area contributed by atoms with Gasteiger partial charge in [0, 0.05) is 30.9 Å². The van der Waals surface area contributed by atoms with Gasteiger partial charge in [-0.2, -0.15) is 0 Å². The van der Waals surface area contributed by atoms with Crippen molar-refractivity contribution in [1.82, 2.24) is 9.97 Å². The van der Waals surface area contributed by atoms with Gasteiger partial charge in [-0.1, -0.05) is 19.3 Å². The Labute approximate surface area is 199 Å². The van der Waals surface area contributed by atoms with E-state index in [2.05, 4.69) is 15.3 Å². The molecule has 1 unspecified atom stereocenters. The summed E-state index contributed by atoms with van der Waals surface area (Å²) in [5.74, 6) is 0.0434. The van der Waals surface area contributed by atoms with Crippen LogP contribution in [0.3, 0.4) is 0 Å². The van der Waals surface area contributed by atoms with Crippen LogP contribution < -0.4 is 5.32 Å². The Morgan fingerprint density at radius 2 is 1.97 bits per heavy atom. The van der Waals surface area contributed by atoms with Crippen LogP contribution in [0, 0.1) is 11.8 Å². The Balaban J connectivity index is 1.29. The molecule has 0 aromatic carbocycles. The molecule has 2 bridgehead atoms. The second kappa shape index (κ2) is 9.46. The van der Waals surface area contributed by atoms with E-state index in [0.717, 1.165) is 58.0 Å². The molecule has 1 amide bonds. The topological polar surface area (TPSA) is 115 Å². The van der Waals surface area contributed by atoms with Crippen molar-refractivity contribution in [3.05, 3.63) is 42.7 Å². The molecule has 2 aromatic rings. The van der Waals surface area contributed by atoms with Crippen LogP contribution in [0.15, 0.2) is 41.4 Å². The second-order valence-corrected chi connectivity index (χ2v) is 10.1. The van der Waals surface area contributed by atoms with Gasteiger partial charge in [-0.15, -0.1) is 0 Å². The summed E-state index contributed by atoms with van der Waals surface area (Å²) >= 11 is 0. The summed E-state index contributed by atoms with van der Waals surface area (Å²) in [5, 5.41) is 14.5. The molecule has 6 rings (SSSR count). The highest BCUT2D eigenvalue weighted by molar-refractivity contribution is 5.90. The number of rotatable bonds is 7. The molecule has 3 aliphatic heterocycles. The molecule has 1 aliphatic carbocycles. The number of fused-ring (bicyclic) bond motifs is 3. The molecule has 0 radical (unpaired) electrons. The smallest absolute Gasteiger partial charge is 0.346 e. The molecule has 1 saturated carbocycles. The minimum atomic E-state index is -1.77. The number of aliphatic hydroxyl groups is 1. The lowest BCUT2D eigenvalue weighted by molar-refractivity contribution is -0.939. The third kappa shape index (κ3) is 4.46. The number of nitrogens with zero attached hydrogens (tertiary/aromatic N) is 3. The van der Waals surface area contributed by atoms with Crippen molar-refractivity contribution in [3.63, 3.8) is 0 Å². The molecule has 182 valence electrons. The standard InChI is InChI=1S/C25H32N4O5/c30-23(28-22-8-11-26-17-27-22)16-29-12-9-18(10-13-29)20(15-29)34-24(31)25(32,21-7-4-14-33-21)19-5-2-1-3-6-19/h4,7-8,11,14,17-20,32H,1-3,5-6,9-10,12-13,15-16H2/p+1/t18?,20-,25?,29?/m0/s1. The molecule has 2 aromatic heterocycles. The van der Waals surface area contributed by atoms with Crippen molar-refractivity contribution in [2.24, 2.45) is 11.8 Å². The summed E-state index contributed by atoms with van der Waals surface area (Å²) in [4.78, 5) is 34.2. The molecule has 2 atom stereocenters. The zero-order chi connectivity index (χ0) is 23.6. The fourth-order valence-corrected chi connectivity index (χ4v) is 6.14. The maximum Gasteiger partial charge on any atom is 0.346 e. The van der Waals surface area contributed by atoms with Crippen molar-refractivity contribution in [1.29, 1.82) is 0 Å². The van der Waals surface area contributed by atoms with Gasteiger partial charge in [0.15, 0.2) is 12.6 Å². The first-order chi connectivity index (χ1) is 16.5. The summed E-state index contributed by atoms with van der Waals surface area (Å²) in [6.07, 6.45) is 10.5. The summed E-state index contributed by atoms with van der Waals surface area (Å²) in [7, 11) is 0. The van der Waals surface area contributed by atoms with Gasteiger partial charge in [0.05, 0.1) is 19.4 Å². The van der Waals surface area contributed by atoms with E-state index in [9.17, 15) is 14.7 Å². The molecule has 3 saturated heterocycles. The second-order valence-electron chi connectivity index (χ2n) is 10.1. The predicted octanol–water partition coefficient (Wildman–Crippen LogP) is 2.63. The van der Waals surface area contributed by atoms with E-state index >= 15 is 0 Å². The fourth-order valence-electron chi connectivity index (χ4n) is 6.14. The number of anilines is 1. The van der Waals surface area contributed by atoms with Gasteiger partial charge in [-0.05, 0) is 31.0 Å². The van der Waals surface area contributed by atoms with Gasteiger partial charge in [-0.25, -0.2) is 14.8 Å². The van der Waals surface area contributed by atoms with Crippen LogP contribution in [0.4, 0.5) is 5.82 Å². The summed E-state index contributed by atoms with van der Waals surface area (Å²) < 4.78 is 12.2. The molecule has 0 spiro atoms. The van der Waals surface area contributed by atoms with E-state index in [0.29, 0.717) is 23.4 Å². The van der Waals surface area contributed by atoms with Crippen LogP contribution in [0.25, 0.3) is 0 Å². The Morgan fingerprint density at radius 3 is 2.65 bits per heavy atom. The molecule has 4 fully saturated rings. The number of amides is 1. The van der Waals surface area contributed by atoms with Crippen molar-refractivity contribution < 1.29 is 28.3 Å². The van der Waals surface area contributed by atoms with E-state index < -0.39 is 11.6 Å². The zero-order valence-corrected chi connectivity index (χ0v) is 19.4. The molecular formula is C25H33N4O5+. The molecule has 34 heavy (non-hydrogen) atoms.